The van der Waals surface area contributed by atoms with Crippen LogP contribution < -0.4 is 5.32 Å². The maximum Gasteiger partial charge on any atom is 0.246 e. The summed E-state index contributed by atoms with van der Waals surface area (Å²) in [5.74, 6) is 0.504. The zero-order valence-electron chi connectivity index (χ0n) is 12.3. The van der Waals surface area contributed by atoms with Crippen molar-refractivity contribution in [3.63, 3.8) is 0 Å². The molecule has 1 aliphatic heterocycles. The van der Waals surface area contributed by atoms with Gasteiger partial charge in [-0.05, 0) is 39.0 Å². The second kappa shape index (κ2) is 5.93. The number of amides is 2. The predicted molar refractivity (Wildman–Crippen MR) is 74.6 cm³/mol. The first-order valence-electron chi connectivity index (χ1n) is 7.68. The minimum atomic E-state index is -0.285. The highest BCUT2D eigenvalue weighted by atomic mass is 16.2. The molecule has 1 heterocycles. The molecule has 0 aromatic rings. The fourth-order valence-electron chi connectivity index (χ4n) is 3.54. The van der Waals surface area contributed by atoms with Crippen molar-refractivity contribution in [3.05, 3.63) is 0 Å². The van der Waals surface area contributed by atoms with E-state index in [-0.39, 0.29) is 29.9 Å². The first-order chi connectivity index (χ1) is 9.06. The summed E-state index contributed by atoms with van der Waals surface area (Å²) in [7, 11) is 0. The minimum absolute atomic E-state index is 0.0337. The summed E-state index contributed by atoms with van der Waals surface area (Å²) in [6, 6.07) is -0.472. The maximum absolute atomic E-state index is 12.7. The van der Waals surface area contributed by atoms with Crippen molar-refractivity contribution in [2.75, 3.05) is 0 Å². The molecule has 2 fully saturated rings. The van der Waals surface area contributed by atoms with Crippen LogP contribution in [0.1, 0.15) is 59.3 Å². The van der Waals surface area contributed by atoms with Crippen LogP contribution in [0, 0.1) is 5.92 Å². The van der Waals surface area contributed by atoms with Crippen molar-refractivity contribution in [1.82, 2.24) is 10.2 Å². The van der Waals surface area contributed by atoms with Gasteiger partial charge in [-0.2, -0.15) is 0 Å². The summed E-state index contributed by atoms with van der Waals surface area (Å²) in [5, 5.41) is 2.99. The molecule has 0 radical (unpaired) electrons. The largest absolute Gasteiger partial charge is 0.342 e. The van der Waals surface area contributed by atoms with Crippen LogP contribution in [-0.4, -0.2) is 34.8 Å². The van der Waals surface area contributed by atoms with Gasteiger partial charge in [0.2, 0.25) is 11.8 Å². The third kappa shape index (κ3) is 2.77. The first-order valence-corrected chi connectivity index (χ1v) is 7.68. The van der Waals surface area contributed by atoms with E-state index in [0.717, 1.165) is 12.8 Å². The molecular formula is C15H26N2O2. The molecular weight excluding hydrogens is 240 g/mol. The molecule has 2 unspecified atom stereocenters. The summed E-state index contributed by atoms with van der Waals surface area (Å²) >= 11 is 0. The molecule has 4 nitrogen and oxygen atoms in total. The highest BCUT2D eigenvalue weighted by molar-refractivity contribution is 5.97. The zero-order valence-corrected chi connectivity index (χ0v) is 12.3. The Bertz CT molecular complexity index is 348. The van der Waals surface area contributed by atoms with Crippen molar-refractivity contribution >= 4 is 11.8 Å². The summed E-state index contributed by atoms with van der Waals surface area (Å²) < 4.78 is 0. The fourth-order valence-corrected chi connectivity index (χ4v) is 3.54. The molecule has 19 heavy (non-hydrogen) atoms. The average molecular weight is 266 g/mol. The van der Waals surface area contributed by atoms with Gasteiger partial charge >= 0.3 is 0 Å². The van der Waals surface area contributed by atoms with Crippen LogP contribution in [-0.2, 0) is 9.59 Å². The molecule has 1 aliphatic carbocycles. The van der Waals surface area contributed by atoms with Crippen molar-refractivity contribution in [3.8, 4) is 0 Å². The quantitative estimate of drug-likeness (QED) is 0.850. The molecule has 0 spiro atoms. The Morgan fingerprint density at radius 2 is 1.84 bits per heavy atom. The zero-order chi connectivity index (χ0) is 14.0. The number of hydrogen-bond donors (Lipinski definition) is 1. The topological polar surface area (TPSA) is 49.4 Å². The van der Waals surface area contributed by atoms with E-state index in [1.807, 2.05) is 20.8 Å². The Morgan fingerprint density at radius 1 is 1.21 bits per heavy atom. The third-order valence-electron chi connectivity index (χ3n) is 4.52. The van der Waals surface area contributed by atoms with Crippen LogP contribution in [0.15, 0.2) is 0 Å². The molecule has 1 N–H and O–H groups in total. The van der Waals surface area contributed by atoms with Gasteiger partial charge < -0.3 is 10.2 Å². The molecule has 108 valence electrons. The van der Waals surface area contributed by atoms with Crippen LogP contribution in [0.3, 0.4) is 0 Å². The van der Waals surface area contributed by atoms with Gasteiger partial charge in [0.05, 0.1) is 0 Å². The monoisotopic (exact) mass is 266 g/mol. The number of nitrogens with zero attached hydrogens (tertiary/aromatic N) is 1. The number of carbonyl (C=O) groups excluding carboxylic acids is 2. The molecule has 2 aliphatic rings. The van der Waals surface area contributed by atoms with Gasteiger partial charge in [-0.1, -0.05) is 26.2 Å². The third-order valence-corrected chi connectivity index (χ3v) is 4.52. The first kappa shape index (κ1) is 14.4. The lowest BCUT2D eigenvalue weighted by Gasteiger charge is -2.44. The highest BCUT2D eigenvalue weighted by Crippen LogP contribution is 2.30. The molecule has 0 aromatic heterocycles. The van der Waals surface area contributed by atoms with E-state index < -0.39 is 0 Å². The number of carbonyl (C=O) groups is 2. The normalized spacial score (nSPS) is 29.8. The number of piperazine rings is 1. The Balaban J connectivity index is 2.18. The van der Waals surface area contributed by atoms with E-state index in [4.69, 9.17) is 0 Å². The Hall–Kier alpha value is -1.06. The van der Waals surface area contributed by atoms with Crippen LogP contribution in [0.25, 0.3) is 0 Å². The van der Waals surface area contributed by atoms with Crippen LogP contribution in [0.4, 0.5) is 0 Å². The second-order valence-corrected chi connectivity index (χ2v) is 6.15. The average Bonchev–Trinajstić information content (AvgIpc) is 2.41. The number of hydrogen-bond acceptors (Lipinski definition) is 2. The van der Waals surface area contributed by atoms with Crippen LogP contribution in [0.2, 0.25) is 0 Å². The van der Waals surface area contributed by atoms with Crippen molar-refractivity contribution < 1.29 is 9.59 Å². The Labute approximate surface area is 115 Å². The van der Waals surface area contributed by atoms with E-state index >= 15 is 0 Å². The lowest BCUT2D eigenvalue weighted by molar-refractivity contribution is -0.153. The summed E-state index contributed by atoms with van der Waals surface area (Å²) in [6.45, 7) is 5.96. The summed E-state index contributed by atoms with van der Waals surface area (Å²) in [5.41, 5.74) is 0. The van der Waals surface area contributed by atoms with Gasteiger partial charge in [-0.15, -0.1) is 0 Å². The SMILES string of the molecule is CCC1C(=O)NC(C2CCCCC2)C(=O)N1C(C)C. The second-order valence-electron chi connectivity index (χ2n) is 6.15. The lowest BCUT2D eigenvalue weighted by atomic mass is 9.82. The van der Waals surface area contributed by atoms with E-state index in [0.29, 0.717) is 12.3 Å². The van der Waals surface area contributed by atoms with Crippen LogP contribution >= 0.6 is 0 Å². The van der Waals surface area contributed by atoms with E-state index in [1.165, 1.54) is 19.3 Å². The van der Waals surface area contributed by atoms with Gasteiger partial charge in [0.1, 0.15) is 12.1 Å². The van der Waals surface area contributed by atoms with E-state index in [1.54, 1.807) is 4.90 Å². The highest BCUT2D eigenvalue weighted by Gasteiger charge is 2.43. The molecule has 2 rings (SSSR count). The Morgan fingerprint density at radius 3 is 2.37 bits per heavy atom. The fraction of sp³-hybridized carbons (Fsp3) is 0.867. The minimum Gasteiger partial charge on any atom is -0.342 e. The van der Waals surface area contributed by atoms with Gasteiger partial charge in [0.25, 0.3) is 0 Å². The number of rotatable bonds is 3. The van der Waals surface area contributed by atoms with Crippen molar-refractivity contribution in [2.45, 2.75) is 77.4 Å². The van der Waals surface area contributed by atoms with E-state index in [2.05, 4.69) is 5.32 Å². The predicted octanol–water partition coefficient (Wildman–Crippen LogP) is 2.08. The molecule has 0 bridgehead atoms. The lowest BCUT2D eigenvalue weighted by Crippen LogP contribution is -2.66. The molecule has 2 amide bonds. The smallest absolute Gasteiger partial charge is 0.246 e. The standard InChI is InChI=1S/C15H26N2O2/c1-4-12-14(18)16-13(11-8-6-5-7-9-11)15(19)17(12)10(2)3/h10-13H,4-9H2,1-3H3,(H,16,18). The Kier molecular flexibility index (Phi) is 4.48. The van der Waals surface area contributed by atoms with Crippen LogP contribution in [0.5, 0.6) is 0 Å². The molecule has 1 saturated carbocycles. The summed E-state index contributed by atoms with van der Waals surface area (Å²) in [4.78, 5) is 26.7. The van der Waals surface area contributed by atoms with Crippen molar-refractivity contribution in [1.29, 1.82) is 0 Å². The molecule has 2 atom stereocenters. The van der Waals surface area contributed by atoms with Gasteiger partial charge in [-0.3, -0.25) is 9.59 Å². The van der Waals surface area contributed by atoms with Gasteiger partial charge in [0, 0.05) is 6.04 Å². The summed E-state index contributed by atoms with van der Waals surface area (Å²) in [6.07, 6.45) is 6.45. The van der Waals surface area contributed by atoms with Gasteiger partial charge in [0.15, 0.2) is 0 Å². The maximum atomic E-state index is 12.7. The van der Waals surface area contributed by atoms with E-state index in [9.17, 15) is 9.59 Å². The number of nitrogens with one attached hydrogen (secondary N) is 1. The molecule has 1 saturated heterocycles. The van der Waals surface area contributed by atoms with Crippen molar-refractivity contribution in [2.24, 2.45) is 5.92 Å². The van der Waals surface area contributed by atoms with Gasteiger partial charge in [-0.25, -0.2) is 0 Å². The molecule has 0 aromatic carbocycles. The molecule has 4 heteroatoms.